The summed E-state index contributed by atoms with van der Waals surface area (Å²) in [5, 5.41) is 0. The zero-order valence-electron chi connectivity index (χ0n) is 7.16. The van der Waals surface area contributed by atoms with E-state index in [1.165, 1.54) is 11.5 Å². The first-order valence-corrected chi connectivity index (χ1v) is 6.15. The molecule has 72 valence electrons. The monoisotopic (exact) mass is 333 g/mol. The van der Waals surface area contributed by atoms with Gasteiger partial charge in [0.25, 0.3) is 0 Å². The van der Waals surface area contributed by atoms with Crippen LogP contribution in [0.25, 0.3) is 10.7 Å². The minimum absolute atomic E-state index is 0.692. The fraction of sp³-hybridized carbons (Fsp3) is 0.125. The molecule has 0 radical (unpaired) electrons. The average Bonchev–Trinajstić information content (AvgIpc) is 2.50. The summed E-state index contributed by atoms with van der Waals surface area (Å²) in [5.41, 5.74) is 0.990. The summed E-state index contributed by atoms with van der Waals surface area (Å²) in [5.74, 6) is 0.692. The number of aromatic nitrogens is 3. The molecule has 0 aliphatic heterocycles. The number of nitrogens with zero attached hydrogens (tertiary/aromatic N) is 3. The Morgan fingerprint density at radius 1 is 1.14 bits per heavy atom. The van der Waals surface area contributed by atoms with Gasteiger partial charge in [0.05, 0.1) is 10.6 Å². The standard InChI is InChI=1S/C8H5Br2N3S/c1-4-2-5(14-13-4)8-11-6(9)3-7(10)12-8/h2-3H,1H3. The van der Waals surface area contributed by atoms with E-state index < -0.39 is 0 Å². The van der Waals surface area contributed by atoms with Crippen LogP contribution in [0.5, 0.6) is 0 Å². The molecule has 2 rings (SSSR count). The van der Waals surface area contributed by atoms with Gasteiger partial charge in [-0.2, -0.15) is 4.37 Å². The van der Waals surface area contributed by atoms with E-state index in [4.69, 9.17) is 0 Å². The van der Waals surface area contributed by atoms with Crippen LogP contribution in [0.4, 0.5) is 0 Å². The van der Waals surface area contributed by atoms with Crippen LogP contribution in [0, 0.1) is 6.92 Å². The first-order chi connectivity index (χ1) is 6.65. The van der Waals surface area contributed by atoms with Gasteiger partial charge in [-0.3, -0.25) is 0 Å². The molecule has 0 aliphatic rings. The fourth-order valence-corrected chi connectivity index (χ4v) is 2.74. The lowest BCUT2D eigenvalue weighted by Crippen LogP contribution is -1.87. The third kappa shape index (κ3) is 2.18. The minimum atomic E-state index is 0.692. The molecule has 0 atom stereocenters. The molecule has 3 nitrogen and oxygen atoms in total. The predicted molar refractivity (Wildman–Crippen MR) is 63.3 cm³/mol. The van der Waals surface area contributed by atoms with Crippen molar-refractivity contribution >= 4 is 43.4 Å². The molecule has 0 N–H and O–H groups in total. The zero-order chi connectivity index (χ0) is 10.1. The average molecular weight is 335 g/mol. The highest BCUT2D eigenvalue weighted by atomic mass is 79.9. The molecule has 0 spiro atoms. The summed E-state index contributed by atoms with van der Waals surface area (Å²) in [4.78, 5) is 9.50. The summed E-state index contributed by atoms with van der Waals surface area (Å²) >= 11 is 8.04. The molecule has 0 bridgehead atoms. The summed E-state index contributed by atoms with van der Waals surface area (Å²) in [7, 11) is 0. The minimum Gasteiger partial charge on any atom is -0.220 e. The van der Waals surface area contributed by atoms with Crippen LogP contribution in [0.15, 0.2) is 21.3 Å². The van der Waals surface area contributed by atoms with Crippen molar-refractivity contribution < 1.29 is 0 Å². The van der Waals surface area contributed by atoms with Crippen molar-refractivity contribution in [3.05, 3.63) is 27.0 Å². The van der Waals surface area contributed by atoms with Gasteiger partial charge in [0, 0.05) is 6.07 Å². The summed E-state index contributed by atoms with van der Waals surface area (Å²) in [6.45, 7) is 1.95. The van der Waals surface area contributed by atoms with Crippen molar-refractivity contribution in [1.82, 2.24) is 14.3 Å². The molecule has 14 heavy (non-hydrogen) atoms. The number of halogens is 2. The van der Waals surface area contributed by atoms with E-state index in [2.05, 4.69) is 46.2 Å². The maximum Gasteiger partial charge on any atom is 0.173 e. The largest absolute Gasteiger partial charge is 0.220 e. The Bertz CT molecular complexity index is 449. The lowest BCUT2D eigenvalue weighted by Gasteiger charge is -1.96. The second-order valence-corrected chi connectivity index (χ2v) is 5.10. The number of hydrogen-bond acceptors (Lipinski definition) is 4. The van der Waals surface area contributed by atoms with E-state index in [1.807, 2.05) is 13.0 Å². The molecule has 6 heteroatoms. The topological polar surface area (TPSA) is 38.7 Å². The van der Waals surface area contributed by atoms with Gasteiger partial charge in [0.15, 0.2) is 5.82 Å². The molecule has 0 saturated heterocycles. The van der Waals surface area contributed by atoms with E-state index in [1.54, 1.807) is 6.07 Å². The summed E-state index contributed by atoms with van der Waals surface area (Å²) in [6.07, 6.45) is 0. The van der Waals surface area contributed by atoms with Crippen molar-refractivity contribution in [3.63, 3.8) is 0 Å². The zero-order valence-corrected chi connectivity index (χ0v) is 11.1. The van der Waals surface area contributed by atoms with Crippen molar-refractivity contribution in [3.8, 4) is 10.7 Å². The van der Waals surface area contributed by atoms with Crippen molar-refractivity contribution in [2.24, 2.45) is 0 Å². The van der Waals surface area contributed by atoms with Gasteiger partial charge in [-0.25, -0.2) is 9.97 Å². The SMILES string of the molecule is Cc1cc(-c2nc(Br)cc(Br)n2)sn1. The van der Waals surface area contributed by atoms with Crippen LogP contribution in [-0.2, 0) is 0 Å². The van der Waals surface area contributed by atoms with Crippen LogP contribution in [0.1, 0.15) is 5.69 Å². The highest BCUT2D eigenvalue weighted by molar-refractivity contribution is 9.11. The third-order valence-electron chi connectivity index (χ3n) is 1.51. The second kappa shape index (κ2) is 4.04. The summed E-state index contributed by atoms with van der Waals surface area (Å²) < 4.78 is 5.71. The maximum absolute atomic E-state index is 4.26. The van der Waals surface area contributed by atoms with Gasteiger partial charge in [-0.05, 0) is 56.4 Å². The van der Waals surface area contributed by atoms with E-state index in [-0.39, 0.29) is 0 Å². The van der Waals surface area contributed by atoms with Crippen molar-refractivity contribution in [2.75, 3.05) is 0 Å². The smallest absolute Gasteiger partial charge is 0.173 e. The van der Waals surface area contributed by atoms with Gasteiger partial charge in [0.2, 0.25) is 0 Å². The molecule has 0 saturated carbocycles. The third-order valence-corrected chi connectivity index (χ3v) is 3.20. The van der Waals surface area contributed by atoms with Crippen LogP contribution < -0.4 is 0 Å². The molecule has 0 fully saturated rings. The Hall–Kier alpha value is -0.330. The second-order valence-electron chi connectivity index (χ2n) is 2.67. The first-order valence-electron chi connectivity index (χ1n) is 3.79. The van der Waals surface area contributed by atoms with Gasteiger partial charge in [-0.1, -0.05) is 0 Å². The van der Waals surface area contributed by atoms with E-state index in [0.29, 0.717) is 5.82 Å². The maximum atomic E-state index is 4.26. The van der Waals surface area contributed by atoms with E-state index >= 15 is 0 Å². The fourth-order valence-electron chi connectivity index (χ4n) is 0.969. The van der Waals surface area contributed by atoms with E-state index in [9.17, 15) is 0 Å². The summed E-state index contributed by atoms with van der Waals surface area (Å²) in [6, 6.07) is 3.77. The molecule has 0 aliphatic carbocycles. The lowest BCUT2D eigenvalue weighted by molar-refractivity contribution is 1.13. The highest BCUT2D eigenvalue weighted by Crippen LogP contribution is 2.24. The quantitative estimate of drug-likeness (QED) is 0.750. The van der Waals surface area contributed by atoms with Crippen LogP contribution in [-0.4, -0.2) is 14.3 Å². The Morgan fingerprint density at radius 3 is 2.29 bits per heavy atom. The molecule has 0 unspecified atom stereocenters. The number of aryl methyl sites for hydroxylation is 1. The molecule has 2 aromatic rings. The molecule has 2 aromatic heterocycles. The van der Waals surface area contributed by atoms with Gasteiger partial charge in [0.1, 0.15) is 9.21 Å². The molecule has 0 aromatic carbocycles. The van der Waals surface area contributed by atoms with Gasteiger partial charge in [-0.15, -0.1) is 0 Å². The Balaban J connectivity index is 2.51. The normalized spacial score (nSPS) is 10.5. The van der Waals surface area contributed by atoms with Gasteiger partial charge >= 0.3 is 0 Å². The number of rotatable bonds is 1. The van der Waals surface area contributed by atoms with E-state index in [0.717, 1.165) is 19.8 Å². The van der Waals surface area contributed by atoms with Crippen LogP contribution in [0.3, 0.4) is 0 Å². The van der Waals surface area contributed by atoms with Gasteiger partial charge < -0.3 is 0 Å². The Kier molecular flexibility index (Phi) is 2.94. The lowest BCUT2D eigenvalue weighted by atomic mass is 10.4. The van der Waals surface area contributed by atoms with Crippen molar-refractivity contribution in [1.29, 1.82) is 0 Å². The number of hydrogen-bond donors (Lipinski definition) is 0. The first kappa shape index (κ1) is 10.2. The molecule has 0 amide bonds. The molecule has 2 heterocycles. The van der Waals surface area contributed by atoms with Crippen LogP contribution in [0.2, 0.25) is 0 Å². The predicted octanol–water partition coefficient (Wildman–Crippen LogP) is 3.43. The Labute approximate surface area is 102 Å². The molecular formula is C8H5Br2N3S. The van der Waals surface area contributed by atoms with Crippen molar-refractivity contribution in [2.45, 2.75) is 6.92 Å². The molecular weight excluding hydrogens is 330 g/mol. The van der Waals surface area contributed by atoms with Crippen LogP contribution >= 0.6 is 43.4 Å². The Morgan fingerprint density at radius 2 is 1.79 bits per heavy atom. The highest BCUT2D eigenvalue weighted by Gasteiger charge is 2.07.